The number of hydrogen-bond donors (Lipinski definition) is 3. The number of nitrogens with one attached hydrogen (secondary N) is 2. The Morgan fingerprint density at radius 1 is 0.725 bits per heavy atom. The van der Waals surface area contributed by atoms with E-state index in [9.17, 15) is 5.11 Å². The first-order valence-corrected chi connectivity index (χ1v) is 13.1. The van der Waals surface area contributed by atoms with Crippen molar-refractivity contribution in [2.24, 2.45) is 0 Å². The number of rotatable bonds is 8. The van der Waals surface area contributed by atoms with E-state index in [1.165, 1.54) is 24.4 Å². The normalized spacial score (nSPS) is 11.9. The van der Waals surface area contributed by atoms with Crippen molar-refractivity contribution in [3.63, 3.8) is 0 Å². The number of hydrogen-bond acceptors (Lipinski definition) is 8. The number of phenolic OH excluding ortho intramolecular Hbond substituents is 1. The Balaban J connectivity index is 0.000000201. The number of halogens is 1. The number of ether oxygens (including phenoxy) is 1. The Hall–Kier alpha value is -4.69. The Morgan fingerprint density at radius 3 is 1.82 bits per heavy atom. The van der Waals surface area contributed by atoms with Gasteiger partial charge in [-0.3, -0.25) is 9.97 Å². The van der Waals surface area contributed by atoms with Crippen LogP contribution in [-0.4, -0.2) is 32.2 Å². The van der Waals surface area contributed by atoms with E-state index in [4.69, 9.17) is 16.3 Å². The Kier molecular flexibility index (Phi) is 9.85. The van der Waals surface area contributed by atoms with Gasteiger partial charge in [-0.1, -0.05) is 72.3 Å². The number of anilines is 2. The number of aromatic nitrogens is 4. The lowest BCUT2D eigenvalue weighted by Crippen LogP contribution is -2.08. The molecule has 3 N–H and O–H groups in total. The first-order chi connectivity index (χ1) is 19.4. The zero-order valence-corrected chi connectivity index (χ0v) is 23.2. The van der Waals surface area contributed by atoms with E-state index in [1.54, 1.807) is 36.8 Å². The maximum absolute atomic E-state index is 9.71. The third-order valence-electron chi connectivity index (χ3n) is 6.04. The minimum atomic E-state index is 0.0983. The van der Waals surface area contributed by atoms with Gasteiger partial charge >= 0.3 is 0 Å². The zero-order valence-electron chi connectivity index (χ0n) is 22.5. The summed E-state index contributed by atoms with van der Waals surface area (Å²) in [6, 6.07) is 25.7. The second-order valence-corrected chi connectivity index (χ2v) is 9.34. The summed E-state index contributed by atoms with van der Waals surface area (Å²) in [5.41, 5.74) is 3.91. The van der Waals surface area contributed by atoms with Gasteiger partial charge in [0.2, 0.25) is 0 Å². The molecule has 3 aromatic carbocycles. The van der Waals surface area contributed by atoms with Crippen LogP contribution in [0.3, 0.4) is 0 Å². The van der Waals surface area contributed by atoms with Crippen molar-refractivity contribution >= 4 is 23.2 Å². The highest BCUT2D eigenvalue weighted by Crippen LogP contribution is 2.31. The fourth-order valence-electron chi connectivity index (χ4n) is 3.92. The molecule has 0 fully saturated rings. The molecule has 0 saturated heterocycles. The largest absolute Gasteiger partial charge is 0.504 e. The van der Waals surface area contributed by atoms with Gasteiger partial charge in [0.1, 0.15) is 16.8 Å². The SMILES string of the molecule is COc1cc(-c2cncc(N[C@@H](C)c3ccccc3)n2)ccc1O.C[C@H](Nc1cncc(Cl)n1)c1ccccc1. The Labute approximate surface area is 239 Å². The van der Waals surface area contributed by atoms with Crippen LogP contribution in [0.1, 0.15) is 37.1 Å². The standard InChI is InChI=1S/C19H19N3O2.C12H12ClN3/c1-13(14-6-4-3-5-7-14)21-19-12-20-11-16(22-19)15-8-9-17(23)18(10-15)24-2;1-9(10-5-3-2-4-6-10)15-12-8-14-7-11(13)16-12/h3-13,23H,1-2H3,(H,21,22);2-9H,1H3,(H,15,16)/t13-;9-/m00/s1. The molecule has 40 heavy (non-hydrogen) atoms. The van der Waals surface area contributed by atoms with Crippen LogP contribution in [0.15, 0.2) is 104 Å². The number of aromatic hydroxyl groups is 1. The molecule has 0 aliphatic carbocycles. The average molecular weight is 555 g/mol. The summed E-state index contributed by atoms with van der Waals surface area (Å²) in [5, 5.41) is 16.7. The summed E-state index contributed by atoms with van der Waals surface area (Å²) < 4.78 is 5.15. The van der Waals surface area contributed by atoms with Crippen molar-refractivity contribution in [3.8, 4) is 22.8 Å². The third-order valence-corrected chi connectivity index (χ3v) is 6.23. The van der Waals surface area contributed by atoms with Gasteiger partial charge in [0, 0.05) is 17.6 Å². The van der Waals surface area contributed by atoms with E-state index >= 15 is 0 Å². The van der Waals surface area contributed by atoms with Crippen LogP contribution in [0.4, 0.5) is 11.6 Å². The van der Waals surface area contributed by atoms with Gasteiger partial charge in [-0.05, 0) is 43.2 Å². The van der Waals surface area contributed by atoms with Gasteiger partial charge in [-0.25, -0.2) is 9.97 Å². The molecule has 2 heterocycles. The zero-order chi connectivity index (χ0) is 28.3. The minimum absolute atomic E-state index is 0.0983. The summed E-state index contributed by atoms with van der Waals surface area (Å²) in [6.07, 6.45) is 6.55. The molecule has 5 aromatic rings. The smallest absolute Gasteiger partial charge is 0.161 e. The second kappa shape index (κ2) is 13.9. The summed E-state index contributed by atoms with van der Waals surface area (Å²) >= 11 is 5.76. The lowest BCUT2D eigenvalue weighted by Gasteiger charge is -2.15. The predicted molar refractivity (Wildman–Crippen MR) is 160 cm³/mol. The molecule has 2 aromatic heterocycles. The molecule has 2 atom stereocenters. The van der Waals surface area contributed by atoms with Gasteiger partial charge in [0.25, 0.3) is 0 Å². The van der Waals surface area contributed by atoms with Crippen LogP contribution < -0.4 is 15.4 Å². The highest BCUT2D eigenvalue weighted by molar-refractivity contribution is 6.29. The number of phenols is 1. The van der Waals surface area contributed by atoms with Crippen molar-refractivity contribution in [1.82, 2.24) is 19.9 Å². The molecule has 0 aliphatic rings. The first kappa shape index (κ1) is 28.3. The minimum Gasteiger partial charge on any atom is -0.504 e. The van der Waals surface area contributed by atoms with E-state index in [0.29, 0.717) is 28.2 Å². The van der Waals surface area contributed by atoms with E-state index in [1.807, 2.05) is 36.4 Å². The average Bonchev–Trinajstić information content (AvgIpc) is 2.99. The third kappa shape index (κ3) is 7.91. The highest BCUT2D eigenvalue weighted by atomic mass is 35.5. The molecule has 0 radical (unpaired) electrons. The molecular weight excluding hydrogens is 524 g/mol. The first-order valence-electron chi connectivity index (χ1n) is 12.7. The van der Waals surface area contributed by atoms with E-state index in [2.05, 4.69) is 68.7 Å². The Morgan fingerprint density at radius 2 is 1.27 bits per heavy atom. The summed E-state index contributed by atoms with van der Waals surface area (Å²) in [7, 11) is 1.52. The summed E-state index contributed by atoms with van der Waals surface area (Å²) in [4.78, 5) is 17.0. The van der Waals surface area contributed by atoms with Crippen molar-refractivity contribution in [1.29, 1.82) is 0 Å². The summed E-state index contributed by atoms with van der Waals surface area (Å²) in [6.45, 7) is 4.14. The van der Waals surface area contributed by atoms with Gasteiger partial charge < -0.3 is 20.5 Å². The molecule has 0 bridgehead atoms. The van der Waals surface area contributed by atoms with Crippen molar-refractivity contribution in [2.45, 2.75) is 25.9 Å². The van der Waals surface area contributed by atoms with Gasteiger partial charge in [-0.2, -0.15) is 0 Å². The van der Waals surface area contributed by atoms with Crippen molar-refractivity contribution in [2.75, 3.05) is 17.7 Å². The maximum Gasteiger partial charge on any atom is 0.161 e. The lowest BCUT2D eigenvalue weighted by atomic mass is 10.1. The molecule has 0 unspecified atom stereocenters. The lowest BCUT2D eigenvalue weighted by molar-refractivity contribution is 0.373. The van der Waals surface area contributed by atoms with Crippen LogP contribution in [0.5, 0.6) is 11.5 Å². The van der Waals surface area contributed by atoms with Gasteiger partial charge in [-0.15, -0.1) is 0 Å². The van der Waals surface area contributed by atoms with E-state index in [0.717, 1.165) is 5.56 Å². The second-order valence-electron chi connectivity index (χ2n) is 8.96. The number of methoxy groups -OCH3 is 1. The molecule has 5 rings (SSSR count). The quantitative estimate of drug-likeness (QED) is 0.183. The van der Waals surface area contributed by atoms with Crippen LogP contribution in [0.2, 0.25) is 5.15 Å². The van der Waals surface area contributed by atoms with Crippen LogP contribution in [-0.2, 0) is 0 Å². The van der Waals surface area contributed by atoms with E-state index < -0.39 is 0 Å². The number of nitrogens with zero attached hydrogens (tertiary/aromatic N) is 4. The molecule has 0 saturated carbocycles. The van der Waals surface area contributed by atoms with Crippen molar-refractivity contribution < 1.29 is 9.84 Å². The van der Waals surface area contributed by atoms with Crippen LogP contribution >= 0.6 is 11.6 Å². The van der Waals surface area contributed by atoms with Crippen LogP contribution in [0, 0.1) is 0 Å². The molecule has 0 amide bonds. The molecular formula is C31H31ClN6O2. The fraction of sp³-hybridized carbons (Fsp3) is 0.161. The van der Waals surface area contributed by atoms with Gasteiger partial charge in [0.05, 0.1) is 37.6 Å². The van der Waals surface area contributed by atoms with Gasteiger partial charge in [0.15, 0.2) is 11.5 Å². The maximum atomic E-state index is 9.71. The van der Waals surface area contributed by atoms with Crippen molar-refractivity contribution in [3.05, 3.63) is 120 Å². The van der Waals surface area contributed by atoms with E-state index in [-0.39, 0.29) is 17.8 Å². The molecule has 0 spiro atoms. The fourth-order valence-corrected chi connectivity index (χ4v) is 4.06. The monoisotopic (exact) mass is 554 g/mol. The Bertz CT molecular complexity index is 1500. The number of benzene rings is 3. The highest BCUT2D eigenvalue weighted by Gasteiger charge is 2.10. The molecule has 204 valence electrons. The molecule has 9 heteroatoms. The topological polar surface area (TPSA) is 105 Å². The molecule has 0 aliphatic heterocycles. The molecule has 8 nitrogen and oxygen atoms in total. The summed E-state index contributed by atoms with van der Waals surface area (Å²) in [5.74, 6) is 1.88. The predicted octanol–water partition coefficient (Wildman–Crippen LogP) is 7.33. The van der Waals surface area contributed by atoms with Crippen LogP contribution in [0.25, 0.3) is 11.3 Å².